The van der Waals surface area contributed by atoms with Gasteiger partial charge in [0.05, 0.1) is 18.7 Å². The van der Waals surface area contributed by atoms with Gasteiger partial charge in [-0.05, 0) is 18.6 Å². The molecule has 0 aliphatic carbocycles. The summed E-state index contributed by atoms with van der Waals surface area (Å²) < 4.78 is 5.03. The fraction of sp³-hybridized carbons (Fsp3) is 0.267. The van der Waals surface area contributed by atoms with Gasteiger partial charge in [-0.15, -0.1) is 0 Å². The molecule has 1 atom stereocenters. The summed E-state index contributed by atoms with van der Waals surface area (Å²) in [6.07, 6.45) is 3.47. The minimum atomic E-state index is -0.213. The predicted molar refractivity (Wildman–Crippen MR) is 71.6 cm³/mol. The van der Waals surface area contributed by atoms with Gasteiger partial charge in [-0.3, -0.25) is 4.79 Å². The Labute approximate surface area is 112 Å². The van der Waals surface area contributed by atoms with E-state index in [9.17, 15) is 4.79 Å². The highest BCUT2D eigenvalue weighted by molar-refractivity contribution is 5.71. The molecule has 0 aliphatic heterocycles. The highest BCUT2D eigenvalue weighted by Crippen LogP contribution is 2.26. The molecular weight excluding hydrogens is 240 g/mol. The van der Waals surface area contributed by atoms with E-state index in [4.69, 9.17) is 4.74 Å². The Morgan fingerprint density at radius 1 is 1.26 bits per heavy atom. The molecule has 0 radical (unpaired) electrons. The zero-order chi connectivity index (χ0) is 13.5. The van der Waals surface area contributed by atoms with Crippen LogP contribution in [0.5, 0.6) is 0 Å². The van der Waals surface area contributed by atoms with Crippen LogP contribution in [0.25, 0.3) is 0 Å². The molecule has 2 aromatic rings. The molecule has 1 heterocycles. The quantitative estimate of drug-likeness (QED) is 0.771. The maximum absolute atomic E-state index is 11.7. The number of benzene rings is 1. The maximum atomic E-state index is 11.7. The molecule has 2 rings (SSSR count). The molecule has 0 N–H and O–H groups in total. The Morgan fingerprint density at radius 2 is 2.05 bits per heavy atom. The summed E-state index contributed by atoms with van der Waals surface area (Å²) in [4.78, 5) is 19.9. The van der Waals surface area contributed by atoms with E-state index in [2.05, 4.69) is 9.97 Å². The van der Waals surface area contributed by atoms with Gasteiger partial charge in [0, 0.05) is 12.1 Å². The molecule has 0 saturated carbocycles. The Morgan fingerprint density at radius 3 is 2.68 bits per heavy atom. The Bertz CT molecular complexity index is 475. The molecule has 1 aromatic carbocycles. The summed E-state index contributed by atoms with van der Waals surface area (Å²) in [6.45, 7) is 2.20. The van der Waals surface area contributed by atoms with Crippen molar-refractivity contribution in [1.82, 2.24) is 9.97 Å². The molecule has 0 aliphatic rings. The van der Waals surface area contributed by atoms with Crippen molar-refractivity contribution in [3.05, 3.63) is 60.2 Å². The molecule has 19 heavy (non-hydrogen) atoms. The number of carbonyl (C=O) groups excluding carboxylic acids is 1. The Balaban J connectivity index is 2.26. The molecule has 1 aromatic heterocycles. The first-order valence-electron chi connectivity index (χ1n) is 6.27. The molecule has 0 spiro atoms. The average Bonchev–Trinajstić information content (AvgIpc) is 2.47. The van der Waals surface area contributed by atoms with Crippen LogP contribution in [0.1, 0.15) is 30.5 Å². The van der Waals surface area contributed by atoms with Crippen LogP contribution in [-0.2, 0) is 9.53 Å². The van der Waals surface area contributed by atoms with Gasteiger partial charge < -0.3 is 4.74 Å². The molecule has 4 nitrogen and oxygen atoms in total. The van der Waals surface area contributed by atoms with Gasteiger partial charge in [-0.25, -0.2) is 9.97 Å². The second-order valence-electron chi connectivity index (χ2n) is 4.11. The van der Waals surface area contributed by atoms with Crippen LogP contribution in [0.2, 0.25) is 0 Å². The maximum Gasteiger partial charge on any atom is 0.306 e. The molecular formula is C15H16N2O2. The monoisotopic (exact) mass is 256 g/mol. The van der Waals surface area contributed by atoms with Crippen molar-refractivity contribution >= 4 is 5.97 Å². The summed E-state index contributed by atoms with van der Waals surface area (Å²) in [7, 11) is 0. The van der Waals surface area contributed by atoms with Crippen LogP contribution in [0, 0.1) is 0 Å². The van der Waals surface area contributed by atoms with Crippen LogP contribution < -0.4 is 0 Å². The van der Waals surface area contributed by atoms with Crippen LogP contribution in [0.3, 0.4) is 0 Å². The SMILES string of the molecule is CCOC(=O)CC(c1ccccc1)c1ccncn1. The van der Waals surface area contributed by atoms with Crippen molar-refractivity contribution in [3.63, 3.8) is 0 Å². The van der Waals surface area contributed by atoms with Crippen molar-refractivity contribution in [2.24, 2.45) is 0 Å². The number of nitrogens with zero attached hydrogens (tertiary/aromatic N) is 2. The normalized spacial score (nSPS) is 11.8. The molecule has 1 unspecified atom stereocenters. The lowest BCUT2D eigenvalue weighted by Crippen LogP contribution is -2.12. The van der Waals surface area contributed by atoms with Crippen molar-refractivity contribution in [3.8, 4) is 0 Å². The third-order valence-corrected chi connectivity index (χ3v) is 2.84. The minimum absolute atomic E-state index is 0.0942. The topological polar surface area (TPSA) is 52.1 Å². The van der Waals surface area contributed by atoms with Crippen molar-refractivity contribution in [1.29, 1.82) is 0 Å². The van der Waals surface area contributed by atoms with Gasteiger partial charge in [-0.1, -0.05) is 30.3 Å². The summed E-state index contributed by atoms with van der Waals surface area (Å²) in [5.41, 5.74) is 1.88. The third-order valence-electron chi connectivity index (χ3n) is 2.84. The molecule has 0 bridgehead atoms. The molecule has 4 heteroatoms. The smallest absolute Gasteiger partial charge is 0.306 e. The van der Waals surface area contributed by atoms with Gasteiger partial charge in [-0.2, -0.15) is 0 Å². The van der Waals surface area contributed by atoms with Gasteiger partial charge in [0.25, 0.3) is 0 Å². The number of carbonyl (C=O) groups is 1. The van der Waals surface area contributed by atoms with E-state index in [1.54, 1.807) is 13.1 Å². The van der Waals surface area contributed by atoms with Gasteiger partial charge >= 0.3 is 5.97 Å². The van der Waals surface area contributed by atoms with Crippen molar-refractivity contribution in [2.75, 3.05) is 6.61 Å². The number of ether oxygens (including phenoxy) is 1. The summed E-state index contributed by atoms with van der Waals surface area (Å²) in [5, 5.41) is 0. The Hall–Kier alpha value is -2.23. The summed E-state index contributed by atoms with van der Waals surface area (Å²) >= 11 is 0. The lowest BCUT2D eigenvalue weighted by molar-refractivity contribution is -0.143. The van der Waals surface area contributed by atoms with Crippen LogP contribution in [0.15, 0.2) is 48.9 Å². The van der Waals surface area contributed by atoms with Crippen molar-refractivity contribution in [2.45, 2.75) is 19.3 Å². The number of esters is 1. The van der Waals surface area contributed by atoms with Crippen LogP contribution >= 0.6 is 0 Å². The highest BCUT2D eigenvalue weighted by atomic mass is 16.5. The zero-order valence-corrected chi connectivity index (χ0v) is 10.8. The largest absolute Gasteiger partial charge is 0.466 e. The van der Waals surface area contributed by atoms with Gasteiger partial charge in [0.1, 0.15) is 6.33 Å². The average molecular weight is 256 g/mol. The summed E-state index contributed by atoms with van der Waals surface area (Å²) in [5.74, 6) is -0.307. The second kappa shape index (κ2) is 6.64. The lowest BCUT2D eigenvalue weighted by Gasteiger charge is -2.15. The van der Waals surface area contributed by atoms with Crippen molar-refractivity contribution < 1.29 is 9.53 Å². The van der Waals surface area contributed by atoms with Gasteiger partial charge in [0.15, 0.2) is 0 Å². The number of hydrogen-bond donors (Lipinski definition) is 0. The number of rotatable bonds is 5. The van der Waals surface area contributed by atoms with Crippen LogP contribution in [-0.4, -0.2) is 22.5 Å². The minimum Gasteiger partial charge on any atom is -0.466 e. The summed E-state index contributed by atoms with van der Waals surface area (Å²) in [6, 6.07) is 11.7. The zero-order valence-electron chi connectivity index (χ0n) is 10.8. The third kappa shape index (κ3) is 3.61. The first-order valence-corrected chi connectivity index (χ1v) is 6.27. The molecule has 0 saturated heterocycles. The standard InChI is InChI=1S/C15H16N2O2/c1-2-19-15(18)10-13(12-6-4-3-5-7-12)14-8-9-16-11-17-14/h3-9,11,13H,2,10H2,1H3. The number of aromatic nitrogens is 2. The van der Waals surface area contributed by atoms with E-state index in [-0.39, 0.29) is 18.3 Å². The molecule has 0 fully saturated rings. The fourth-order valence-electron chi connectivity index (χ4n) is 1.97. The first kappa shape index (κ1) is 13.2. The molecule has 98 valence electrons. The van der Waals surface area contributed by atoms with E-state index in [0.29, 0.717) is 6.61 Å². The number of hydrogen-bond acceptors (Lipinski definition) is 4. The molecule has 0 amide bonds. The first-order chi connectivity index (χ1) is 9.31. The lowest BCUT2D eigenvalue weighted by atomic mass is 9.92. The van der Waals surface area contributed by atoms with E-state index in [1.807, 2.05) is 36.4 Å². The predicted octanol–water partition coefficient (Wildman–Crippen LogP) is 2.56. The highest BCUT2D eigenvalue weighted by Gasteiger charge is 2.19. The van der Waals surface area contributed by atoms with E-state index < -0.39 is 0 Å². The van der Waals surface area contributed by atoms with Crippen LogP contribution in [0.4, 0.5) is 0 Å². The van der Waals surface area contributed by atoms with E-state index in [0.717, 1.165) is 11.3 Å². The Kier molecular flexibility index (Phi) is 4.61. The van der Waals surface area contributed by atoms with E-state index >= 15 is 0 Å². The van der Waals surface area contributed by atoms with Gasteiger partial charge in [0.2, 0.25) is 0 Å². The fourth-order valence-corrected chi connectivity index (χ4v) is 1.97. The second-order valence-corrected chi connectivity index (χ2v) is 4.11. The van der Waals surface area contributed by atoms with E-state index in [1.165, 1.54) is 6.33 Å².